The van der Waals surface area contributed by atoms with Crippen LogP contribution in [0.1, 0.15) is 69.1 Å². The Hall–Kier alpha value is -0.350. The van der Waals surface area contributed by atoms with Gasteiger partial charge in [0.15, 0.2) is 0 Å². The number of aryl methyl sites for hydroxylation is 3. The van der Waals surface area contributed by atoms with E-state index in [2.05, 4.69) is 38.7 Å². The molecular formula is C17H30P+. The summed E-state index contributed by atoms with van der Waals surface area (Å²) in [5.41, 5.74) is 1.42. The molecule has 0 aliphatic carbocycles. The molecular weight excluding hydrogens is 235 g/mol. The summed E-state index contributed by atoms with van der Waals surface area (Å²) in [6.07, 6.45) is 12.9. The average molecular weight is 265 g/mol. The molecule has 102 valence electrons. The number of hydrogen-bond acceptors (Lipinski definition) is 0. The van der Waals surface area contributed by atoms with Crippen molar-refractivity contribution in [2.45, 2.75) is 78.3 Å². The van der Waals surface area contributed by atoms with Crippen molar-refractivity contribution in [2.24, 2.45) is 0 Å². The monoisotopic (exact) mass is 265 g/mol. The van der Waals surface area contributed by atoms with Crippen molar-refractivity contribution in [2.75, 3.05) is 0 Å². The van der Waals surface area contributed by atoms with Crippen molar-refractivity contribution < 1.29 is 0 Å². The second-order valence-corrected chi connectivity index (χ2v) is 7.90. The Labute approximate surface area is 115 Å². The van der Waals surface area contributed by atoms with E-state index in [1.54, 1.807) is 5.30 Å². The summed E-state index contributed by atoms with van der Waals surface area (Å²) in [5.74, 6) is 2.46. The van der Waals surface area contributed by atoms with Gasteiger partial charge in [0.2, 0.25) is 0 Å². The van der Waals surface area contributed by atoms with Gasteiger partial charge in [-0.25, -0.2) is 0 Å². The van der Waals surface area contributed by atoms with E-state index in [1.807, 2.05) is 0 Å². The molecule has 1 atom stereocenters. The predicted molar refractivity (Wildman–Crippen MR) is 85.6 cm³/mol. The van der Waals surface area contributed by atoms with Crippen LogP contribution in [0.25, 0.3) is 0 Å². The maximum absolute atomic E-state index is 2.46. The molecule has 0 fully saturated rings. The molecule has 0 radical (unpaired) electrons. The Morgan fingerprint density at radius 2 is 1.50 bits per heavy atom. The van der Waals surface area contributed by atoms with Crippen LogP contribution in [0, 0.1) is 13.8 Å². The zero-order valence-electron chi connectivity index (χ0n) is 12.5. The average Bonchev–Trinajstić information content (AvgIpc) is 2.35. The van der Waals surface area contributed by atoms with Crippen LogP contribution in [0.15, 0.2) is 17.9 Å². The van der Waals surface area contributed by atoms with Gasteiger partial charge in [-0.2, -0.15) is 0 Å². The lowest BCUT2D eigenvalue weighted by Crippen LogP contribution is -1.82. The van der Waals surface area contributed by atoms with E-state index in [9.17, 15) is 0 Å². The molecule has 1 heterocycles. The molecule has 0 amide bonds. The molecule has 0 aliphatic heterocycles. The van der Waals surface area contributed by atoms with Gasteiger partial charge < -0.3 is 0 Å². The molecule has 1 unspecified atom stereocenters. The molecule has 18 heavy (non-hydrogen) atoms. The van der Waals surface area contributed by atoms with Gasteiger partial charge in [0.25, 0.3) is 0 Å². The standard InChI is InChI=1S/C17H30P/c1-4-5-6-7-8-9-10-11-13-18-14-12-16(2)15-17(18)3/h12,14-15H,4-11,13H2,1-3H3/q+1. The van der Waals surface area contributed by atoms with E-state index in [0.29, 0.717) is 0 Å². The highest BCUT2D eigenvalue weighted by molar-refractivity contribution is 7.48. The lowest BCUT2D eigenvalue weighted by molar-refractivity contribution is 0.582. The van der Waals surface area contributed by atoms with Crippen LogP contribution in [0.2, 0.25) is 0 Å². The van der Waals surface area contributed by atoms with E-state index >= 15 is 0 Å². The van der Waals surface area contributed by atoms with Gasteiger partial charge in [-0.3, -0.25) is 0 Å². The van der Waals surface area contributed by atoms with E-state index in [1.165, 1.54) is 63.1 Å². The first-order valence-corrected chi connectivity index (χ1v) is 9.30. The first-order chi connectivity index (χ1) is 8.74. The summed E-state index contributed by atoms with van der Waals surface area (Å²) in [6.45, 7) is 6.79. The third kappa shape index (κ3) is 6.55. The van der Waals surface area contributed by atoms with Gasteiger partial charge in [0.1, 0.15) is 24.8 Å². The van der Waals surface area contributed by atoms with E-state index in [0.717, 1.165) is 0 Å². The molecule has 1 aromatic heterocycles. The van der Waals surface area contributed by atoms with Gasteiger partial charge in [-0.05, 0) is 37.5 Å². The topological polar surface area (TPSA) is 0 Å². The van der Waals surface area contributed by atoms with Gasteiger partial charge in [-0.1, -0.05) is 45.4 Å². The molecule has 0 nitrogen and oxygen atoms in total. The molecule has 0 saturated carbocycles. The van der Waals surface area contributed by atoms with Crippen molar-refractivity contribution in [1.82, 2.24) is 0 Å². The van der Waals surface area contributed by atoms with Crippen molar-refractivity contribution in [3.05, 3.63) is 28.8 Å². The first kappa shape index (κ1) is 15.7. The zero-order chi connectivity index (χ0) is 13.2. The van der Waals surface area contributed by atoms with Crippen LogP contribution < -0.4 is 0 Å². The minimum Gasteiger partial charge on any atom is -0.0654 e. The number of rotatable bonds is 9. The second kappa shape index (κ2) is 9.56. The molecule has 0 N–H and O–H groups in total. The Morgan fingerprint density at radius 1 is 0.889 bits per heavy atom. The molecule has 0 spiro atoms. The smallest absolute Gasteiger partial charge is 0.0654 e. The van der Waals surface area contributed by atoms with Crippen LogP contribution in [0.5, 0.6) is 0 Å². The van der Waals surface area contributed by atoms with Crippen LogP contribution in [0.4, 0.5) is 0 Å². The summed E-state index contributed by atoms with van der Waals surface area (Å²) in [7, 11) is 0.0699. The summed E-state index contributed by atoms with van der Waals surface area (Å²) >= 11 is 0. The van der Waals surface area contributed by atoms with Crippen LogP contribution in [0.3, 0.4) is 0 Å². The van der Waals surface area contributed by atoms with Crippen molar-refractivity contribution in [3.8, 4) is 0 Å². The fraction of sp³-hybridized carbons (Fsp3) is 0.706. The molecule has 1 heteroatoms. The van der Waals surface area contributed by atoms with E-state index in [4.69, 9.17) is 0 Å². The second-order valence-electron chi connectivity index (χ2n) is 5.51. The third-order valence-corrected chi connectivity index (χ3v) is 6.00. The van der Waals surface area contributed by atoms with Gasteiger partial charge in [0, 0.05) is 6.92 Å². The molecule has 0 aliphatic rings. The number of hydrogen-bond donors (Lipinski definition) is 0. The summed E-state index contributed by atoms with van der Waals surface area (Å²) in [4.78, 5) is 0. The Kier molecular flexibility index (Phi) is 8.34. The Balaban J connectivity index is 2.07. The fourth-order valence-electron chi connectivity index (χ4n) is 2.45. The molecule has 0 saturated heterocycles. The van der Waals surface area contributed by atoms with Gasteiger partial charge in [-0.15, -0.1) is 0 Å². The lowest BCUT2D eigenvalue weighted by atomic mass is 10.1. The van der Waals surface area contributed by atoms with E-state index < -0.39 is 0 Å². The van der Waals surface area contributed by atoms with Crippen LogP contribution in [-0.4, -0.2) is 0 Å². The molecule has 0 aromatic carbocycles. The SMILES string of the molecule is CCCCCCCCCC[p+]1ccc(C)cc1C. The van der Waals surface area contributed by atoms with Crippen molar-refractivity contribution in [3.63, 3.8) is 0 Å². The van der Waals surface area contributed by atoms with E-state index in [-0.39, 0.29) is 7.53 Å². The lowest BCUT2D eigenvalue weighted by Gasteiger charge is -2.00. The zero-order valence-corrected chi connectivity index (χ0v) is 13.4. The molecule has 1 rings (SSSR count). The highest BCUT2D eigenvalue weighted by atomic mass is 31.1. The van der Waals surface area contributed by atoms with Crippen molar-refractivity contribution >= 4 is 7.53 Å². The maximum atomic E-state index is 2.46. The molecule has 0 bridgehead atoms. The summed E-state index contributed by atoms with van der Waals surface area (Å²) < 4.78 is 0. The normalized spacial score (nSPS) is 11.8. The third-order valence-electron chi connectivity index (χ3n) is 3.66. The van der Waals surface area contributed by atoms with Crippen LogP contribution >= 0.6 is 7.53 Å². The highest BCUT2D eigenvalue weighted by Gasteiger charge is 2.09. The minimum absolute atomic E-state index is 0.0699. The minimum atomic E-state index is 0.0699. The highest BCUT2D eigenvalue weighted by Crippen LogP contribution is 2.35. The van der Waals surface area contributed by atoms with Gasteiger partial charge >= 0.3 is 0 Å². The largest absolute Gasteiger partial charge is 0.127 e. The molecule has 1 aromatic rings. The quantitative estimate of drug-likeness (QED) is 0.435. The van der Waals surface area contributed by atoms with Gasteiger partial charge in [0.05, 0.1) is 0 Å². The summed E-state index contributed by atoms with van der Waals surface area (Å²) in [6, 6.07) is 4.68. The van der Waals surface area contributed by atoms with Crippen LogP contribution in [-0.2, 0) is 6.16 Å². The Bertz CT molecular complexity index is 330. The first-order valence-electron chi connectivity index (χ1n) is 7.70. The fourth-order valence-corrected chi connectivity index (χ4v) is 4.54. The predicted octanol–water partition coefficient (Wildman–Crippen LogP) is 6.71. The summed E-state index contributed by atoms with van der Waals surface area (Å²) in [5, 5.41) is 1.62. The van der Waals surface area contributed by atoms with Crippen molar-refractivity contribution in [1.29, 1.82) is 0 Å². The number of unbranched alkanes of at least 4 members (excludes halogenated alkanes) is 7. The maximum Gasteiger partial charge on any atom is 0.127 e. The Morgan fingerprint density at radius 3 is 2.11 bits per heavy atom.